The number of nitrogens with one attached hydrogen (secondary N) is 1. The monoisotopic (exact) mass is 472 g/mol. The van der Waals surface area contributed by atoms with Crippen LogP contribution >= 0.6 is 0 Å². The highest BCUT2D eigenvalue weighted by Gasteiger charge is 2.28. The van der Waals surface area contributed by atoms with Gasteiger partial charge in [-0.05, 0) is 75.9 Å². The van der Waals surface area contributed by atoms with E-state index in [2.05, 4.69) is 5.32 Å². The predicted molar refractivity (Wildman–Crippen MR) is 140 cm³/mol. The molecule has 184 valence electrons. The molecule has 0 aliphatic rings. The highest BCUT2D eigenvalue weighted by atomic mass is 16.2. The average molecular weight is 473 g/mol. The molecule has 6 nitrogen and oxygen atoms in total. The Morgan fingerprint density at radius 3 is 1.71 bits per heavy atom. The van der Waals surface area contributed by atoms with E-state index in [1.54, 1.807) is 10.0 Å². The van der Waals surface area contributed by atoms with E-state index in [0.29, 0.717) is 11.1 Å². The fourth-order valence-corrected chi connectivity index (χ4v) is 4.55. The van der Waals surface area contributed by atoms with E-state index in [1.165, 1.54) is 0 Å². The summed E-state index contributed by atoms with van der Waals surface area (Å²) in [6, 6.07) is 16.9. The van der Waals surface area contributed by atoms with Gasteiger partial charge in [-0.25, -0.2) is 5.01 Å². The van der Waals surface area contributed by atoms with Gasteiger partial charge < -0.3 is 5.32 Å². The van der Waals surface area contributed by atoms with E-state index in [4.69, 9.17) is 4.98 Å². The summed E-state index contributed by atoms with van der Waals surface area (Å²) >= 11 is 0. The molecule has 0 fully saturated rings. The van der Waals surface area contributed by atoms with Crippen molar-refractivity contribution in [1.82, 2.24) is 20.3 Å². The van der Waals surface area contributed by atoms with Gasteiger partial charge in [-0.2, -0.15) is 0 Å². The first-order valence-electron chi connectivity index (χ1n) is 11.9. The lowest BCUT2D eigenvalue weighted by Crippen LogP contribution is -2.44. The number of hydrazine groups is 1. The van der Waals surface area contributed by atoms with E-state index in [1.807, 2.05) is 110 Å². The van der Waals surface area contributed by atoms with Crippen LogP contribution in [0.2, 0.25) is 0 Å². The third-order valence-corrected chi connectivity index (χ3v) is 6.42. The summed E-state index contributed by atoms with van der Waals surface area (Å²) in [5, 5.41) is 6.61. The molecule has 0 aliphatic heterocycles. The van der Waals surface area contributed by atoms with Gasteiger partial charge >= 0.3 is 0 Å². The number of benzene rings is 2. The molecular formula is C29H36N4O2. The molecule has 0 radical (unpaired) electrons. The van der Waals surface area contributed by atoms with E-state index < -0.39 is 0 Å². The third-order valence-electron chi connectivity index (χ3n) is 6.42. The number of hydrogen-bond acceptors (Lipinski definition) is 4. The summed E-state index contributed by atoms with van der Waals surface area (Å²) in [6.07, 6.45) is 0. The minimum Gasteiger partial charge on any atom is -0.344 e. The summed E-state index contributed by atoms with van der Waals surface area (Å²) in [5.41, 5.74) is 6.67. The molecule has 2 unspecified atom stereocenters. The molecule has 3 aromatic rings. The Balaban J connectivity index is 1.87. The molecule has 0 aliphatic carbocycles. The number of aryl methyl sites for hydroxylation is 4. The van der Waals surface area contributed by atoms with Crippen molar-refractivity contribution < 1.29 is 9.59 Å². The van der Waals surface area contributed by atoms with Crippen molar-refractivity contribution >= 4 is 11.8 Å². The normalized spacial score (nSPS) is 12.8. The van der Waals surface area contributed by atoms with Crippen LogP contribution in [0.1, 0.15) is 80.3 Å². The van der Waals surface area contributed by atoms with E-state index in [0.717, 1.165) is 33.6 Å². The number of rotatable bonds is 7. The molecular weight excluding hydrogens is 436 g/mol. The maximum absolute atomic E-state index is 13.6. The highest BCUT2D eigenvalue weighted by molar-refractivity contribution is 5.97. The zero-order chi connectivity index (χ0) is 25.9. The Labute approximate surface area is 209 Å². The number of aromatic nitrogens is 1. The van der Waals surface area contributed by atoms with Gasteiger partial charge in [0.05, 0.1) is 23.5 Å². The predicted octanol–water partition coefficient (Wildman–Crippen LogP) is 5.49. The second kappa shape index (κ2) is 10.8. The van der Waals surface area contributed by atoms with Gasteiger partial charge in [-0.15, -0.1) is 0 Å². The van der Waals surface area contributed by atoms with E-state index in [-0.39, 0.29) is 23.9 Å². The van der Waals surface area contributed by atoms with Gasteiger partial charge in [0.15, 0.2) is 0 Å². The smallest absolute Gasteiger partial charge is 0.269 e. The quantitative estimate of drug-likeness (QED) is 0.462. The lowest BCUT2D eigenvalue weighted by atomic mass is 10.0. The van der Waals surface area contributed by atoms with Crippen LogP contribution in [0.15, 0.2) is 54.6 Å². The lowest BCUT2D eigenvalue weighted by molar-refractivity contribution is -0.00250. The van der Waals surface area contributed by atoms with Crippen molar-refractivity contribution in [3.63, 3.8) is 0 Å². The lowest BCUT2D eigenvalue weighted by Gasteiger charge is -2.35. The van der Waals surface area contributed by atoms with Crippen molar-refractivity contribution in [2.75, 3.05) is 14.1 Å². The molecule has 2 atom stereocenters. The second-order valence-electron chi connectivity index (χ2n) is 9.39. The Bertz CT molecular complexity index is 1190. The second-order valence-corrected chi connectivity index (χ2v) is 9.39. The molecule has 6 heteroatoms. The Kier molecular flexibility index (Phi) is 8.07. The Morgan fingerprint density at radius 1 is 0.743 bits per heavy atom. The van der Waals surface area contributed by atoms with Crippen LogP contribution < -0.4 is 5.32 Å². The van der Waals surface area contributed by atoms with Gasteiger partial charge in [-0.3, -0.25) is 19.6 Å². The third kappa shape index (κ3) is 5.60. The highest BCUT2D eigenvalue weighted by Crippen LogP contribution is 2.26. The fourth-order valence-electron chi connectivity index (χ4n) is 4.55. The molecule has 0 saturated carbocycles. The van der Waals surface area contributed by atoms with Crippen molar-refractivity contribution in [1.29, 1.82) is 0 Å². The molecule has 1 aromatic heterocycles. The fraction of sp³-hybridized carbons (Fsp3) is 0.345. The summed E-state index contributed by atoms with van der Waals surface area (Å²) in [6.45, 7) is 11.7. The first-order valence-corrected chi connectivity index (χ1v) is 11.9. The summed E-state index contributed by atoms with van der Waals surface area (Å²) in [4.78, 5) is 31.5. The summed E-state index contributed by atoms with van der Waals surface area (Å²) in [5.74, 6) is -0.185. The molecule has 2 aromatic carbocycles. The van der Waals surface area contributed by atoms with E-state index >= 15 is 0 Å². The topological polar surface area (TPSA) is 65.5 Å². The Hall–Kier alpha value is -3.51. The molecule has 0 spiro atoms. The van der Waals surface area contributed by atoms with Crippen LogP contribution in [0, 0.1) is 27.7 Å². The van der Waals surface area contributed by atoms with Crippen LogP contribution in [0.4, 0.5) is 0 Å². The van der Waals surface area contributed by atoms with Gasteiger partial charge in [0.1, 0.15) is 0 Å². The number of hydrogen-bond donors (Lipinski definition) is 1. The van der Waals surface area contributed by atoms with Gasteiger partial charge in [0.25, 0.3) is 11.8 Å². The van der Waals surface area contributed by atoms with Gasteiger partial charge in [0, 0.05) is 25.2 Å². The molecule has 1 N–H and O–H groups in total. The molecule has 3 rings (SSSR count). The minimum absolute atomic E-state index is 0.0679. The zero-order valence-electron chi connectivity index (χ0n) is 22.0. The van der Waals surface area contributed by atoms with Crippen LogP contribution in [-0.4, -0.2) is 40.9 Å². The number of amides is 2. The SMILES string of the molecule is Cc1cccc(C)c1C(=O)NC(C)c1cccc(C(C)N(C(=O)c2c(C)cccc2C)N(C)C)n1. The van der Waals surface area contributed by atoms with Crippen LogP contribution in [0.5, 0.6) is 0 Å². The molecule has 0 saturated heterocycles. The largest absolute Gasteiger partial charge is 0.344 e. The molecule has 0 bridgehead atoms. The van der Waals surface area contributed by atoms with Crippen molar-refractivity contribution in [2.45, 2.75) is 53.6 Å². The number of carbonyl (C=O) groups excluding carboxylic acids is 2. The minimum atomic E-state index is -0.307. The average Bonchev–Trinajstić information content (AvgIpc) is 2.78. The number of pyridine rings is 1. The standard InChI is InChI=1S/C29H36N4O2/c1-18-12-9-13-19(2)26(18)28(34)30-22(5)24-16-11-17-25(31-24)23(6)33(32(7)8)29(35)27-20(3)14-10-15-21(27)4/h9-17,22-23H,1-8H3,(H,30,34). The number of nitrogens with zero attached hydrogens (tertiary/aromatic N) is 3. The molecule has 1 heterocycles. The summed E-state index contributed by atoms with van der Waals surface area (Å²) in [7, 11) is 3.72. The maximum Gasteiger partial charge on any atom is 0.269 e. The first kappa shape index (κ1) is 26.1. The maximum atomic E-state index is 13.6. The number of carbonyl (C=O) groups is 2. The van der Waals surface area contributed by atoms with Crippen LogP contribution in [0.25, 0.3) is 0 Å². The molecule has 2 amide bonds. The van der Waals surface area contributed by atoms with Crippen LogP contribution in [-0.2, 0) is 0 Å². The van der Waals surface area contributed by atoms with E-state index in [9.17, 15) is 9.59 Å². The van der Waals surface area contributed by atoms with Gasteiger partial charge in [-0.1, -0.05) is 42.5 Å². The van der Waals surface area contributed by atoms with Crippen LogP contribution in [0.3, 0.4) is 0 Å². The Morgan fingerprint density at radius 2 is 1.20 bits per heavy atom. The van der Waals surface area contributed by atoms with Crippen molar-refractivity contribution in [3.8, 4) is 0 Å². The summed E-state index contributed by atoms with van der Waals surface area (Å²) < 4.78 is 0. The molecule has 35 heavy (non-hydrogen) atoms. The van der Waals surface area contributed by atoms with Crippen molar-refractivity contribution in [3.05, 3.63) is 99.4 Å². The van der Waals surface area contributed by atoms with Crippen molar-refractivity contribution in [2.24, 2.45) is 0 Å². The first-order chi connectivity index (χ1) is 16.5. The van der Waals surface area contributed by atoms with Gasteiger partial charge in [0.2, 0.25) is 0 Å². The zero-order valence-corrected chi connectivity index (χ0v) is 22.0.